The van der Waals surface area contributed by atoms with Gasteiger partial charge in [0.1, 0.15) is 0 Å². The van der Waals surface area contributed by atoms with Gasteiger partial charge in [0.15, 0.2) is 8.32 Å². The number of hydrogen-bond donors (Lipinski definition) is 0. The molecule has 0 fully saturated rings. The van der Waals surface area contributed by atoms with Crippen LogP contribution in [0.25, 0.3) is 0 Å². The first kappa shape index (κ1) is 24.7. The molecule has 8 heteroatoms. The number of rotatable bonds is 10. The van der Waals surface area contributed by atoms with Crippen molar-refractivity contribution in [2.45, 2.75) is 84.3 Å². The zero-order valence-electron chi connectivity index (χ0n) is 16.7. The van der Waals surface area contributed by atoms with Gasteiger partial charge in [0, 0.05) is 18.0 Å². The van der Waals surface area contributed by atoms with Gasteiger partial charge in [-0.25, -0.2) is 0 Å². The van der Waals surface area contributed by atoms with Crippen LogP contribution in [0.1, 0.15) is 65.5 Å². The van der Waals surface area contributed by atoms with Gasteiger partial charge < -0.3 is 4.43 Å². The molecule has 0 aliphatic heterocycles. The van der Waals surface area contributed by atoms with Crippen LogP contribution in [0.4, 0.5) is 13.2 Å². The van der Waals surface area contributed by atoms with Crippen molar-refractivity contribution in [3.05, 3.63) is 28.0 Å². The lowest BCUT2D eigenvalue weighted by Gasteiger charge is -2.35. The number of alkyl halides is 3. The highest BCUT2D eigenvalue weighted by Crippen LogP contribution is 2.44. The summed E-state index contributed by atoms with van der Waals surface area (Å²) in [6.07, 6.45) is -0.799. The number of hydrogen-bond acceptors (Lipinski definition) is 2. The Labute approximate surface area is 171 Å². The third kappa shape index (κ3) is 6.34. The summed E-state index contributed by atoms with van der Waals surface area (Å²) in [5, 5.41) is 0.794. The number of pyridine rings is 1. The first-order valence-corrected chi connectivity index (χ1v) is 12.7. The molecule has 0 N–H and O–H groups in total. The van der Waals surface area contributed by atoms with Crippen LogP contribution in [0, 0.1) is 5.41 Å². The summed E-state index contributed by atoms with van der Waals surface area (Å²) in [4.78, 5) is 3.98. The molecule has 2 nitrogen and oxygen atoms in total. The van der Waals surface area contributed by atoms with Crippen molar-refractivity contribution in [1.29, 1.82) is 0 Å². The lowest BCUT2D eigenvalue weighted by molar-refractivity contribution is -0.214. The fraction of sp³-hybridized carbons (Fsp3) is 0.737. The van der Waals surface area contributed by atoms with Crippen LogP contribution in [0.15, 0.2) is 12.4 Å². The lowest BCUT2D eigenvalue weighted by atomic mass is 9.85. The van der Waals surface area contributed by atoms with Gasteiger partial charge in [0.2, 0.25) is 0 Å². The van der Waals surface area contributed by atoms with Crippen molar-refractivity contribution in [2.75, 3.05) is 0 Å². The van der Waals surface area contributed by atoms with E-state index in [2.05, 4.69) is 25.8 Å². The summed E-state index contributed by atoms with van der Waals surface area (Å²) in [6, 6.07) is 2.81. The maximum atomic E-state index is 13.2. The molecule has 0 aliphatic carbocycles. The van der Waals surface area contributed by atoms with Gasteiger partial charge in [-0.05, 0) is 37.4 Å². The zero-order chi connectivity index (χ0) is 20.9. The Balaban J connectivity index is 3.09. The molecule has 156 valence electrons. The van der Waals surface area contributed by atoms with E-state index in [1.165, 1.54) is 26.2 Å². The van der Waals surface area contributed by atoms with E-state index in [-0.39, 0.29) is 6.42 Å². The number of nitrogens with zero attached hydrogens (tertiary/aromatic N) is 1. The normalized spacial score (nSPS) is 14.4. The van der Waals surface area contributed by atoms with Gasteiger partial charge >= 0.3 is 6.18 Å². The van der Waals surface area contributed by atoms with E-state index >= 15 is 0 Å². The van der Waals surface area contributed by atoms with Crippen LogP contribution in [-0.2, 0) is 4.43 Å². The van der Waals surface area contributed by atoms with Gasteiger partial charge in [-0.15, -0.1) is 0 Å². The second-order valence-electron chi connectivity index (χ2n) is 7.64. The smallest absolute Gasteiger partial charge is 0.393 e. The van der Waals surface area contributed by atoms with E-state index in [0.717, 1.165) is 18.1 Å². The van der Waals surface area contributed by atoms with Crippen molar-refractivity contribution < 1.29 is 17.6 Å². The highest BCUT2D eigenvalue weighted by Gasteiger charge is 2.46. The minimum atomic E-state index is -4.23. The largest absolute Gasteiger partial charge is 0.410 e. The van der Waals surface area contributed by atoms with Gasteiger partial charge in [-0.3, -0.25) is 4.98 Å². The monoisotopic (exact) mass is 443 g/mol. The Bertz CT molecular complexity index is 579. The van der Waals surface area contributed by atoms with Crippen molar-refractivity contribution in [1.82, 2.24) is 4.98 Å². The SMILES string of the molecule is CC[Si](CC)(CC)OC(CCCC(C)(C)C(F)(F)F)c1c(Cl)cncc1Cl. The molecule has 1 rings (SSSR count). The predicted octanol–water partition coefficient (Wildman–Crippen LogP) is 8.21. The van der Waals surface area contributed by atoms with Gasteiger partial charge in [0.25, 0.3) is 0 Å². The van der Waals surface area contributed by atoms with E-state index in [1.807, 2.05) is 0 Å². The molecule has 1 aromatic heterocycles. The molecule has 1 atom stereocenters. The second-order valence-corrected chi connectivity index (χ2v) is 13.2. The summed E-state index contributed by atoms with van der Waals surface area (Å²) in [7, 11) is -2.00. The first-order chi connectivity index (χ1) is 12.4. The lowest BCUT2D eigenvalue weighted by Crippen LogP contribution is -2.37. The quantitative estimate of drug-likeness (QED) is 0.339. The maximum Gasteiger partial charge on any atom is 0.393 e. The average molecular weight is 444 g/mol. The molecule has 1 heterocycles. The van der Waals surface area contributed by atoms with Crippen LogP contribution >= 0.6 is 23.2 Å². The zero-order valence-corrected chi connectivity index (χ0v) is 19.2. The summed E-state index contributed by atoms with van der Waals surface area (Å²) in [6.45, 7) is 8.80. The highest BCUT2D eigenvalue weighted by atomic mass is 35.5. The van der Waals surface area contributed by atoms with Crippen molar-refractivity contribution in [3.63, 3.8) is 0 Å². The second kappa shape index (κ2) is 9.95. The van der Waals surface area contributed by atoms with Crippen molar-refractivity contribution in [3.8, 4) is 0 Å². The number of aromatic nitrogens is 1. The Morgan fingerprint density at radius 2 is 1.52 bits per heavy atom. The van der Waals surface area contributed by atoms with Crippen LogP contribution in [0.2, 0.25) is 28.2 Å². The van der Waals surface area contributed by atoms with Gasteiger partial charge in [-0.2, -0.15) is 13.2 Å². The molecule has 0 saturated heterocycles. The third-order valence-electron chi connectivity index (χ3n) is 5.57. The Kier molecular flexibility index (Phi) is 9.11. The molecular formula is C19H30Cl2F3NOSi. The molecule has 1 aromatic rings. The molecule has 0 amide bonds. The topological polar surface area (TPSA) is 22.1 Å². The van der Waals surface area contributed by atoms with E-state index in [4.69, 9.17) is 27.6 Å². The van der Waals surface area contributed by atoms with E-state index in [9.17, 15) is 13.2 Å². The fourth-order valence-corrected chi connectivity index (χ4v) is 6.61. The minimum Gasteiger partial charge on any atom is -0.410 e. The summed E-state index contributed by atoms with van der Waals surface area (Å²) >= 11 is 12.7. The van der Waals surface area contributed by atoms with Crippen molar-refractivity contribution >= 4 is 31.5 Å². The fourth-order valence-electron chi connectivity index (χ4n) is 3.16. The van der Waals surface area contributed by atoms with Crippen LogP contribution in [0.3, 0.4) is 0 Å². The highest BCUT2D eigenvalue weighted by molar-refractivity contribution is 6.73. The van der Waals surface area contributed by atoms with Gasteiger partial charge in [-0.1, -0.05) is 57.8 Å². The van der Waals surface area contributed by atoms with Crippen molar-refractivity contribution in [2.24, 2.45) is 5.41 Å². The molecule has 0 aliphatic rings. The number of halogens is 5. The van der Waals surface area contributed by atoms with E-state index in [0.29, 0.717) is 28.5 Å². The molecule has 0 radical (unpaired) electrons. The average Bonchev–Trinajstić information content (AvgIpc) is 2.58. The van der Waals surface area contributed by atoms with Crippen LogP contribution in [0.5, 0.6) is 0 Å². The molecular weight excluding hydrogens is 414 g/mol. The van der Waals surface area contributed by atoms with Gasteiger partial charge in [0.05, 0.1) is 21.6 Å². The van der Waals surface area contributed by atoms with Crippen LogP contribution < -0.4 is 0 Å². The molecule has 0 spiro atoms. The summed E-state index contributed by atoms with van der Waals surface area (Å²) in [5.74, 6) is 0. The van der Waals surface area contributed by atoms with E-state index in [1.54, 1.807) is 0 Å². The molecule has 1 unspecified atom stereocenters. The molecule has 0 saturated carbocycles. The summed E-state index contributed by atoms with van der Waals surface area (Å²) < 4.78 is 46.1. The molecule has 27 heavy (non-hydrogen) atoms. The minimum absolute atomic E-state index is 0.0234. The summed E-state index contributed by atoms with van der Waals surface area (Å²) in [5.41, 5.74) is -1.09. The van der Waals surface area contributed by atoms with E-state index < -0.39 is 26.0 Å². The molecule has 0 bridgehead atoms. The first-order valence-electron chi connectivity index (χ1n) is 9.46. The Morgan fingerprint density at radius 3 is 1.93 bits per heavy atom. The van der Waals surface area contributed by atoms with Crippen LogP contribution in [-0.4, -0.2) is 19.5 Å². The maximum absolute atomic E-state index is 13.2. The Hall–Kier alpha value is -0.303. The third-order valence-corrected chi connectivity index (χ3v) is 10.8. The molecule has 0 aromatic carbocycles. The standard InChI is InChI=1S/C19H30Cl2F3NOSi/c1-6-27(7-2,8-3)26-16(17-14(20)12-25-13-15(17)21)10-9-11-18(4,5)19(22,23)24/h12-13,16H,6-11H2,1-5H3. The predicted molar refractivity (Wildman–Crippen MR) is 109 cm³/mol. The Morgan fingerprint density at radius 1 is 1.04 bits per heavy atom.